The summed E-state index contributed by atoms with van der Waals surface area (Å²) in [6.07, 6.45) is 3.19. The van der Waals surface area contributed by atoms with E-state index in [2.05, 4.69) is 10.7 Å². The fourth-order valence-electron chi connectivity index (χ4n) is 2.84. The molecule has 2 saturated heterocycles. The van der Waals surface area contributed by atoms with Gasteiger partial charge in [-0.2, -0.15) is 11.3 Å². The topological polar surface area (TPSA) is 32.3 Å². The molecule has 16 heavy (non-hydrogen) atoms. The van der Waals surface area contributed by atoms with E-state index in [1.807, 2.05) is 16.3 Å². The Morgan fingerprint density at radius 1 is 1.44 bits per heavy atom. The maximum Gasteiger partial charge on any atom is 0.234 e. The van der Waals surface area contributed by atoms with Crippen molar-refractivity contribution >= 4 is 22.9 Å². The van der Waals surface area contributed by atoms with Gasteiger partial charge in [0, 0.05) is 18.5 Å². The fourth-order valence-corrected chi connectivity index (χ4v) is 3.48. The number of anilines is 1. The molecule has 1 atom stereocenters. The van der Waals surface area contributed by atoms with E-state index in [0.717, 1.165) is 44.6 Å². The standard InChI is InChI=1S/C12H16N2OS/c15-11-12(3-1-5-13-9-12)4-6-14(11)10-2-7-16-8-10/h2,7-8,13H,1,3-6,9H2/t12-/m0/s1. The van der Waals surface area contributed by atoms with Gasteiger partial charge in [-0.25, -0.2) is 0 Å². The minimum absolute atomic E-state index is 0.0970. The first-order valence-electron chi connectivity index (χ1n) is 5.87. The van der Waals surface area contributed by atoms with E-state index < -0.39 is 0 Å². The molecule has 2 aliphatic heterocycles. The summed E-state index contributed by atoms with van der Waals surface area (Å²) in [4.78, 5) is 14.4. The zero-order valence-corrected chi connectivity index (χ0v) is 10.1. The minimum Gasteiger partial charge on any atom is -0.316 e. The molecule has 0 aromatic carbocycles. The molecule has 2 aliphatic rings. The van der Waals surface area contributed by atoms with Crippen LogP contribution in [-0.4, -0.2) is 25.5 Å². The lowest BCUT2D eigenvalue weighted by Crippen LogP contribution is -2.45. The van der Waals surface area contributed by atoms with Crippen LogP contribution in [0.15, 0.2) is 16.8 Å². The minimum atomic E-state index is -0.0970. The number of carbonyl (C=O) groups is 1. The van der Waals surface area contributed by atoms with Crippen molar-refractivity contribution in [3.8, 4) is 0 Å². The Morgan fingerprint density at radius 2 is 2.38 bits per heavy atom. The lowest BCUT2D eigenvalue weighted by Gasteiger charge is -2.32. The highest BCUT2D eigenvalue weighted by Gasteiger charge is 2.47. The van der Waals surface area contributed by atoms with Crippen molar-refractivity contribution < 1.29 is 4.79 Å². The molecule has 3 nitrogen and oxygen atoms in total. The Hall–Kier alpha value is -0.870. The first-order valence-corrected chi connectivity index (χ1v) is 6.81. The largest absolute Gasteiger partial charge is 0.316 e. The second kappa shape index (κ2) is 3.86. The third kappa shape index (κ3) is 1.48. The van der Waals surface area contributed by atoms with Crippen molar-refractivity contribution in [3.63, 3.8) is 0 Å². The quantitative estimate of drug-likeness (QED) is 0.807. The van der Waals surface area contributed by atoms with Crippen molar-refractivity contribution in [1.82, 2.24) is 5.32 Å². The summed E-state index contributed by atoms with van der Waals surface area (Å²) >= 11 is 1.65. The number of piperidine rings is 1. The number of nitrogens with one attached hydrogen (secondary N) is 1. The number of carbonyl (C=O) groups excluding carboxylic acids is 1. The van der Waals surface area contributed by atoms with Crippen LogP contribution in [0.2, 0.25) is 0 Å². The summed E-state index contributed by atoms with van der Waals surface area (Å²) in [5, 5.41) is 7.47. The molecule has 86 valence electrons. The van der Waals surface area contributed by atoms with Crippen LogP contribution < -0.4 is 10.2 Å². The first-order chi connectivity index (χ1) is 7.82. The van der Waals surface area contributed by atoms with Crippen molar-refractivity contribution in [2.75, 3.05) is 24.5 Å². The van der Waals surface area contributed by atoms with Crippen LogP contribution >= 0.6 is 11.3 Å². The average Bonchev–Trinajstić information content (AvgIpc) is 2.92. The van der Waals surface area contributed by atoms with E-state index in [1.165, 1.54) is 0 Å². The van der Waals surface area contributed by atoms with Gasteiger partial charge in [0.25, 0.3) is 0 Å². The lowest BCUT2D eigenvalue weighted by molar-refractivity contribution is -0.126. The highest BCUT2D eigenvalue weighted by molar-refractivity contribution is 7.08. The van der Waals surface area contributed by atoms with Crippen molar-refractivity contribution in [1.29, 1.82) is 0 Å². The molecular formula is C12H16N2OS. The van der Waals surface area contributed by atoms with Gasteiger partial charge in [0.1, 0.15) is 0 Å². The molecule has 3 heterocycles. The smallest absolute Gasteiger partial charge is 0.234 e. The Kier molecular flexibility index (Phi) is 2.48. The average molecular weight is 236 g/mol. The van der Waals surface area contributed by atoms with Gasteiger partial charge < -0.3 is 10.2 Å². The van der Waals surface area contributed by atoms with E-state index >= 15 is 0 Å². The molecule has 0 unspecified atom stereocenters. The van der Waals surface area contributed by atoms with Crippen molar-refractivity contribution in [2.45, 2.75) is 19.3 Å². The fraction of sp³-hybridized carbons (Fsp3) is 0.583. The zero-order chi connectivity index (χ0) is 11.0. The molecule has 2 fully saturated rings. The van der Waals surface area contributed by atoms with Gasteiger partial charge in [-0.3, -0.25) is 4.79 Å². The molecule has 0 aliphatic carbocycles. The molecule has 0 radical (unpaired) electrons. The molecule has 1 N–H and O–H groups in total. The highest BCUT2D eigenvalue weighted by Crippen LogP contribution is 2.40. The van der Waals surface area contributed by atoms with Gasteiger partial charge in [-0.05, 0) is 37.3 Å². The van der Waals surface area contributed by atoms with Crippen LogP contribution in [0.25, 0.3) is 0 Å². The Balaban J connectivity index is 1.84. The van der Waals surface area contributed by atoms with E-state index in [9.17, 15) is 4.79 Å². The molecule has 3 rings (SSSR count). The maximum atomic E-state index is 12.5. The van der Waals surface area contributed by atoms with Crippen LogP contribution in [0.4, 0.5) is 5.69 Å². The maximum absolute atomic E-state index is 12.5. The normalized spacial score (nSPS) is 30.2. The molecule has 4 heteroatoms. The lowest BCUT2D eigenvalue weighted by atomic mass is 9.79. The summed E-state index contributed by atoms with van der Waals surface area (Å²) in [5.41, 5.74) is 0.984. The third-order valence-corrected chi connectivity index (χ3v) is 4.47. The number of nitrogens with zero attached hydrogens (tertiary/aromatic N) is 1. The van der Waals surface area contributed by atoms with Crippen LogP contribution in [0.3, 0.4) is 0 Å². The van der Waals surface area contributed by atoms with Crippen LogP contribution in [0, 0.1) is 5.41 Å². The summed E-state index contributed by atoms with van der Waals surface area (Å²) in [7, 11) is 0. The van der Waals surface area contributed by atoms with Gasteiger partial charge in [0.05, 0.1) is 11.1 Å². The number of hydrogen-bond donors (Lipinski definition) is 1. The molecular weight excluding hydrogens is 220 g/mol. The molecule has 1 amide bonds. The van der Waals surface area contributed by atoms with Crippen LogP contribution in [0.5, 0.6) is 0 Å². The van der Waals surface area contributed by atoms with E-state index in [0.29, 0.717) is 5.91 Å². The van der Waals surface area contributed by atoms with Crippen LogP contribution in [-0.2, 0) is 4.79 Å². The van der Waals surface area contributed by atoms with E-state index in [1.54, 1.807) is 11.3 Å². The second-order valence-corrected chi connectivity index (χ2v) is 5.53. The van der Waals surface area contributed by atoms with Crippen LogP contribution in [0.1, 0.15) is 19.3 Å². The predicted molar refractivity (Wildman–Crippen MR) is 65.8 cm³/mol. The molecule has 0 bridgehead atoms. The first kappa shape index (κ1) is 10.3. The van der Waals surface area contributed by atoms with Gasteiger partial charge in [-0.15, -0.1) is 0 Å². The summed E-state index contributed by atoms with van der Waals surface area (Å²) in [5.74, 6) is 0.332. The molecule has 1 spiro atoms. The molecule has 1 aromatic rings. The van der Waals surface area contributed by atoms with Gasteiger partial charge in [-0.1, -0.05) is 0 Å². The van der Waals surface area contributed by atoms with Gasteiger partial charge in [0.15, 0.2) is 0 Å². The van der Waals surface area contributed by atoms with Crippen molar-refractivity contribution in [3.05, 3.63) is 16.8 Å². The molecule has 1 aromatic heterocycles. The Morgan fingerprint density at radius 3 is 3.06 bits per heavy atom. The zero-order valence-electron chi connectivity index (χ0n) is 9.24. The van der Waals surface area contributed by atoms with Gasteiger partial charge >= 0.3 is 0 Å². The number of rotatable bonds is 1. The third-order valence-electron chi connectivity index (χ3n) is 3.80. The number of amides is 1. The summed E-state index contributed by atoms with van der Waals surface area (Å²) in [6.45, 7) is 2.82. The van der Waals surface area contributed by atoms with E-state index in [-0.39, 0.29) is 5.41 Å². The summed E-state index contributed by atoms with van der Waals surface area (Å²) in [6, 6.07) is 2.04. The second-order valence-electron chi connectivity index (χ2n) is 4.75. The monoisotopic (exact) mass is 236 g/mol. The highest BCUT2D eigenvalue weighted by atomic mass is 32.1. The van der Waals surface area contributed by atoms with Crippen molar-refractivity contribution in [2.24, 2.45) is 5.41 Å². The number of thiophene rings is 1. The predicted octanol–water partition coefficient (Wildman–Crippen LogP) is 1.85. The Labute approximate surface area is 99.5 Å². The Bertz CT molecular complexity index is 382. The SMILES string of the molecule is O=C1N(c2ccsc2)CC[C@]12CCCNC2. The summed E-state index contributed by atoms with van der Waals surface area (Å²) < 4.78 is 0. The van der Waals surface area contributed by atoms with Gasteiger partial charge in [0.2, 0.25) is 5.91 Å². The molecule has 0 saturated carbocycles. The van der Waals surface area contributed by atoms with E-state index in [4.69, 9.17) is 0 Å². The number of hydrogen-bond acceptors (Lipinski definition) is 3.